The predicted octanol–water partition coefficient (Wildman–Crippen LogP) is 3.45. The van der Waals surface area contributed by atoms with Crippen molar-refractivity contribution in [2.24, 2.45) is 22.9 Å². The summed E-state index contributed by atoms with van der Waals surface area (Å²) in [6.07, 6.45) is 3.11. The number of anilines is 1. The van der Waals surface area contributed by atoms with Crippen LogP contribution in [0.1, 0.15) is 70.0 Å². The zero-order valence-corrected chi connectivity index (χ0v) is 35.7. The molecule has 6 rings (SSSR count). The van der Waals surface area contributed by atoms with Gasteiger partial charge in [-0.15, -0.1) is 0 Å². The fraction of sp³-hybridized carbons (Fsp3) is 0.535. The SMILES string of the molecule is CO[C@H]1/C=C/O[C@@]2(C)Oc3c(C)c(O)c4c(O)c(c(/C=N/N5CCN(C)CC5)c(O)c4c3C2=O)NC(=O)/C(C)=C\C=C\[C@H](C)[C@H](O)[C@@H](C)[C@@H](O)C(C)(O)[C@H](OC(C)=O)[C@@H]1C. The second kappa shape index (κ2) is 17.8. The first kappa shape index (κ1) is 45.9. The highest BCUT2D eigenvalue weighted by atomic mass is 16.7. The lowest BCUT2D eigenvalue weighted by Crippen LogP contribution is -2.59. The zero-order chi connectivity index (χ0) is 44.6. The van der Waals surface area contributed by atoms with Crippen molar-refractivity contribution in [1.29, 1.82) is 0 Å². The molecule has 9 atom stereocenters. The molecule has 1 unspecified atom stereocenters. The van der Waals surface area contributed by atoms with E-state index in [0.717, 1.165) is 13.2 Å². The Hall–Kier alpha value is -5.20. The van der Waals surface area contributed by atoms with Gasteiger partial charge in [-0.1, -0.05) is 39.0 Å². The van der Waals surface area contributed by atoms with E-state index in [1.807, 2.05) is 7.05 Å². The van der Waals surface area contributed by atoms with E-state index in [0.29, 0.717) is 26.2 Å². The first-order chi connectivity index (χ1) is 28.1. The third-order valence-electron chi connectivity index (χ3n) is 11.9. The molecule has 1 fully saturated rings. The number of rotatable bonds is 4. The van der Waals surface area contributed by atoms with Crippen LogP contribution in [0.25, 0.3) is 10.8 Å². The van der Waals surface area contributed by atoms with E-state index in [9.17, 15) is 45.0 Å². The molecule has 7 N–H and O–H groups in total. The average molecular weight is 839 g/mol. The Bertz CT molecular complexity index is 2120. The van der Waals surface area contributed by atoms with E-state index < -0.39 is 88.5 Å². The smallest absolute Gasteiger partial charge is 0.312 e. The first-order valence-electron chi connectivity index (χ1n) is 19.8. The quantitative estimate of drug-likeness (QED) is 0.101. The number of amides is 1. The number of hydrogen-bond acceptors (Lipinski definition) is 16. The van der Waals surface area contributed by atoms with Gasteiger partial charge in [0.05, 0.1) is 53.0 Å². The van der Waals surface area contributed by atoms with Crippen molar-refractivity contribution in [2.75, 3.05) is 45.7 Å². The lowest BCUT2D eigenvalue weighted by Gasteiger charge is -2.43. The number of Topliss-reactive ketones (excluding diaryl/α,β-unsaturated/α-hetero) is 1. The number of allylic oxidation sites excluding steroid dienone is 2. The number of hydrogen-bond donors (Lipinski definition) is 7. The molecule has 2 aromatic rings. The number of esters is 1. The number of aliphatic hydroxyl groups is 3. The summed E-state index contributed by atoms with van der Waals surface area (Å²) in [7, 11) is 3.33. The number of ether oxygens (including phenoxy) is 4. The number of benzene rings is 2. The Morgan fingerprint density at radius 2 is 1.63 bits per heavy atom. The van der Waals surface area contributed by atoms with Gasteiger partial charge in [-0.25, -0.2) is 0 Å². The van der Waals surface area contributed by atoms with Crippen LogP contribution in [0.15, 0.2) is 41.2 Å². The zero-order valence-electron chi connectivity index (χ0n) is 35.7. The largest absolute Gasteiger partial charge is 0.507 e. The number of phenols is 3. The van der Waals surface area contributed by atoms with E-state index in [-0.39, 0.29) is 44.5 Å². The number of fused-ring (bicyclic) bond motifs is 14. The summed E-state index contributed by atoms with van der Waals surface area (Å²) in [4.78, 5) is 42.7. The van der Waals surface area contributed by atoms with Gasteiger partial charge < -0.3 is 59.8 Å². The van der Waals surface area contributed by atoms with E-state index >= 15 is 0 Å². The number of aromatic hydroxyl groups is 3. The van der Waals surface area contributed by atoms with E-state index in [4.69, 9.17) is 18.9 Å². The molecule has 328 valence electrons. The Morgan fingerprint density at radius 3 is 2.25 bits per heavy atom. The number of piperazine rings is 1. The summed E-state index contributed by atoms with van der Waals surface area (Å²) < 4.78 is 23.3. The molecule has 17 nitrogen and oxygen atoms in total. The third kappa shape index (κ3) is 8.67. The second-order valence-electron chi connectivity index (χ2n) is 16.4. The predicted molar refractivity (Wildman–Crippen MR) is 222 cm³/mol. The van der Waals surface area contributed by atoms with Gasteiger partial charge in [-0.05, 0) is 33.9 Å². The molecule has 4 heterocycles. The molecule has 1 amide bonds. The lowest BCUT2D eigenvalue weighted by molar-refractivity contribution is -0.204. The summed E-state index contributed by atoms with van der Waals surface area (Å²) in [5.41, 5.74) is -2.64. The number of carbonyl (C=O) groups excluding carboxylic acids is 3. The number of phenolic OH excluding ortho intramolecular Hbond substituents is 3. The Balaban J connectivity index is 1.72. The number of nitrogens with zero attached hydrogens (tertiary/aromatic N) is 3. The fourth-order valence-corrected chi connectivity index (χ4v) is 7.97. The molecule has 2 aromatic carbocycles. The van der Waals surface area contributed by atoms with Crippen LogP contribution in [0.5, 0.6) is 23.0 Å². The molecule has 4 aliphatic rings. The molecule has 0 aromatic heterocycles. The standard InChI is InChI=1S/C43H58N4O13/c1-21-12-11-13-22(2)41(55)45-32-27(20-44-47-17-15-46(9)16-18-47)35(51)29-30(36(32)52)34(50)24(4)37-31(29)39(54)43(8,60-37)58-19-14-28(57-10)23(3)40(59-26(6)48)42(7,56)38(53)25(5)33(21)49/h11-14,19-21,23,25,28,33,38,40,49-53,56H,15-18H2,1-10H3,(H,45,55)/b12-11+,19-14+,22-13-,44-20+/t21-,23+,25+,28-,33-,38+,40+,42?,43-/m0/s1. The highest BCUT2D eigenvalue weighted by Gasteiger charge is 2.51. The molecule has 17 heteroatoms. The van der Waals surface area contributed by atoms with E-state index in [1.54, 1.807) is 24.9 Å². The van der Waals surface area contributed by atoms with Crippen molar-refractivity contribution in [3.63, 3.8) is 0 Å². The van der Waals surface area contributed by atoms with Gasteiger partial charge in [0.2, 0.25) is 0 Å². The van der Waals surface area contributed by atoms with Gasteiger partial charge in [0.25, 0.3) is 11.7 Å². The van der Waals surface area contributed by atoms with Gasteiger partial charge in [0.15, 0.2) is 5.75 Å². The number of nitrogens with one attached hydrogen (secondary N) is 1. The maximum absolute atomic E-state index is 14.4. The number of methoxy groups -OCH3 is 1. The average Bonchev–Trinajstić information content (AvgIpc) is 3.46. The lowest BCUT2D eigenvalue weighted by atomic mass is 9.75. The summed E-state index contributed by atoms with van der Waals surface area (Å²) in [5, 5.41) is 78.6. The van der Waals surface area contributed by atoms with Gasteiger partial charge in [-0.3, -0.25) is 19.4 Å². The van der Waals surface area contributed by atoms with Crippen LogP contribution in [0, 0.1) is 24.7 Å². The second-order valence-corrected chi connectivity index (χ2v) is 16.4. The maximum Gasteiger partial charge on any atom is 0.312 e. The number of likely N-dealkylation sites (N-methyl/N-ethyl adjacent to an activating group) is 1. The summed E-state index contributed by atoms with van der Waals surface area (Å²) in [6, 6.07) is 0. The Labute approximate surface area is 349 Å². The number of aliphatic hydroxyl groups excluding tert-OH is 2. The van der Waals surface area contributed by atoms with Crippen molar-refractivity contribution in [1.82, 2.24) is 9.91 Å². The van der Waals surface area contributed by atoms with Gasteiger partial charge in [-0.2, -0.15) is 5.10 Å². The Kier molecular flexibility index (Phi) is 13.6. The molecule has 0 spiro atoms. The van der Waals surface area contributed by atoms with Crippen LogP contribution in [0.4, 0.5) is 5.69 Å². The van der Waals surface area contributed by atoms with Crippen LogP contribution in [0.3, 0.4) is 0 Å². The Morgan fingerprint density at radius 1 is 0.983 bits per heavy atom. The van der Waals surface area contributed by atoms with Gasteiger partial charge in [0.1, 0.15) is 29.0 Å². The van der Waals surface area contributed by atoms with Crippen LogP contribution in [0.2, 0.25) is 0 Å². The molecule has 1 saturated heterocycles. The van der Waals surface area contributed by atoms with Gasteiger partial charge >= 0.3 is 11.8 Å². The van der Waals surface area contributed by atoms with Crippen LogP contribution in [-0.2, 0) is 23.8 Å². The van der Waals surface area contributed by atoms with Crippen molar-refractivity contribution < 1.29 is 64.0 Å². The van der Waals surface area contributed by atoms with E-state index in [1.165, 1.54) is 66.2 Å². The molecule has 0 radical (unpaired) electrons. The highest BCUT2D eigenvalue weighted by Crippen LogP contribution is 2.55. The number of hydrazone groups is 1. The van der Waals surface area contributed by atoms with Crippen LogP contribution in [-0.4, -0.2) is 141 Å². The minimum absolute atomic E-state index is 0.0265. The van der Waals surface area contributed by atoms with Crippen LogP contribution >= 0.6 is 0 Å². The van der Waals surface area contributed by atoms with Crippen molar-refractivity contribution in [3.8, 4) is 23.0 Å². The fourth-order valence-electron chi connectivity index (χ4n) is 7.97. The van der Waals surface area contributed by atoms with Gasteiger partial charge in [0, 0.05) is 81.4 Å². The summed E-state index contributed by atoms with van der Waals surface area (Å²) in [5.74, 6) is -8.76. The van der Waals surface area contributed by atoms with E-state index in [2.05, 4.69) is 15.3 Å². The number of carbonyl (C=O) groups is 3. The minimum atomic E-state index is -2.14. The van der Waals surface area contributed by atoms with Crippen LogP contribution < -0.4 is 10.1 Å². The monoisotopic (exact) mass is 838 g/mol. The topological polar surface area (TPSA) is 240 Å². The highest BCUT2D eigenvalue weighted by molar-refractivity contribution is 6.23. The molecule has 4 aliphatic heterocycles. The molecule has 5 bridgehead atoms. The van der Waals surface area contributed by atoms with Crippen molar-refractivity contribution >= 4 is 40.3 Å². The molecular formula is C43H58N4O13. The molecule has 60 heavy (non-hydrogen) atoms. The summed E-state index contributed by atoms with van der Waals surface area (Å²) in [6.45, 7) is 14.0. The maximum atomic E-state index is 14.4. The van der Waals surface area contributed by atoms with Crippen molar-refractivity contribution in [3.05, 3.63) is 52.8 Å². The first-order valence-corrected chi connectivity index (χ1v) is 19.8. The molecular weight excluding hydrogens is 780 g/mol. The number of ketones is 1. The summed E-state index contributed by atoms with van der Waals surface area (Å²) >= 11 is 0. The molecule has 0 saturated carbocycles. The van der Waals surface area contributed by atoms with Crippen molar-refractivity contribution in [2.45, 2.75) is 91.2 Å². The molecule has 0 aliphatic carbocycles. The minimum Gasteiger partial charge on any atom is -0.507 e. The third-order valence-corrected chi connectivity index (χ3v) is 11.9. The normalized spacial score (nSPS) is 33.0.